The number of hydrogen-bond acceptors (Lipinski definition) is 0. The third-order valence-electron chi connectivity index (χ3n) is 2.76. The topological polar surface area (TPSA) is 4.44 Å². The Kier molecular flexibility index (Phi) is 12.5. The Balaban J connectivity index is 0. The molecule has 0 aliphatic heterocycles. The normalized spacial score (nSPS) is 10.6. The molecule has 0 fully saturated rings. The predicted octanol–water partition coefficient (Wildman–Crippen LogP) is -1.12. The fourth-order valence-corrected chi connectivity index (χ4v) is 2.08. The molecule has 0 aromatic heterocycles. The molecule has 1 N–H and O–H groups in total. The summed E-state index contributed by atoms with van der Waals surface area (Å²) in [5.74, 6) is 0. The smallest absolute Gasteiger partial charge is 0.0874 e. The molecule has 1 nitrogen and oxygen atoms in total. The van der Waals surface area contributed by atoms with Crippen LogP contribution in [0.5, 0.6) is 0 Å². The van der Waals surface area contributed by atoms with Gasteiger partial charge in [0.25, 0.3) is 0 Å². The van der Waals surface area contributed by atoms with Gasteiger partial charge in [0.15, 0.2) is 0 Å². The average Bonchev–Trinajstić information content (AvgIpc) is 2.07. The van der Waals surface area contributed by atoms with Crippen LogP contribution in [0.1, 0.15) is 53.4 Å². The first-order valence-corrected chi connectivity index (χ1v) is 5.64. The summed E-state index contributed by atoms with van der Waals surface area (Å²) in [6.45, 7) is 11.8. The van der Waals surface area contributed by atoms with Crippen molar-refractivity contribution in [2.75, 3.05) is 13.1 Å². The van der Waals surface area contributed by atoms with Gasteiger partial charge in [-0.25, -0.2) is 0 Å². The molecule has 0 amide bonds. The third kappa shape index (κ3) is 6.34. The van der Waals surface area contributed by atoms with E-state index in [2.05, 4.69) is 27.7 Å². The fraction of sp³-hybridized carbons (Fsp3) is 1.00. The quantitative estimate of drug-likeness (QED) is 0.540. The molecule has 0 atom stereocenters. The van der Waals surface area contributed by atoms with E-state index in [1.54, 1.807) is 4.90 Å². The fourth-order valence-electron chi connectivity index (χ4n) is 2.08. The Morgan fingerprint density at radius 2 is 1.23 bits per heavy atom. The van der Waals surface area contributed by atoms with Crippen molar-refractivity contribution < 1.29 is 17.3 Å². The molecule has 0 bridgehead atoms. The zero-order valence-electron chi connectivity index (χ0n) is 9.70. The van der Waals surface area contributed by atoms with E-state index >= 15 is 0 Å². The maximum absolute atomic E-state index is 2.30. The first-order valence-electron chi connectivity index (χ1n) is 5.64. The van der Waals surface area contributed by atoms with Crippen molar-refractivity contribution in [3.05, 3.63) is 0 Å². The van der Waals surface area contributed by atoms with Crippen LogP contribution in [0, 0.1) is 0 Å². The van der Waals surface area contributed by atoms with Gasteiger partial charge in [-0.15, -0.1) is 0 Å². The maximum Gasteiger partial charge on any atom is 0.0874 e. The van der Waals surface area contributed by atoms with Gasteiger partial charge in [0.1, 0.15) is 0 Å². The number of nitrogens with one attached hydrogen (secondary N) is 1. The van der Waals surface area contributed by atoms with Crippen LogP contribution in [0.25, 0.3) is 0 Å². The van der Waals surface area contributed by atoms with Crippen molar-refractivity contribution in [2.45, 2.75) is 59.4 Å². The molecule has 0 unspecified atom stereocenters. The van der Waals surface area contributed by atoms with Crippen LogP contribution >= 0.6 is 0 Å². The highest BCUT2D eigenvalue weighted by molar-refractivity contribution is 4.53. The second-order valence-corrected chi connectivity index (χ2v) is 3.64. The van der Waals surface area contributed by atoms with Crippen LogP contribution in [0.4, 0.5) is 0 Å². The molecule has 0 aliphatic rings. The lowest BCUT2D eigenvalue weighted by Crippen LogP contribution is -3.15. The molecule has 0 radical (unpaired) electrons. The first-order chi connectivity index (χ1) is 5.79. The molecule has 2 heteroatoms. The van der Waals surface area contributed by atoms with Crippen LogP contribution in [0.2, 0.25) is 0 Å². The Morgan fingerprint density at radius 3 is 1.46 bits per heavy atom. The van der Waals surface area contributed by atoms with Crippen molar-refractivity contribution in [3.63, 3.8) is 0 Å². The van der Waals surface area contributed by atoms with E-state index in [1.165, 1.54) is 38.8 Å². The van der Waals surface area contributed by atoms with E-state index in [0.29, 0.717) is 0 Å². The van der Waals surface area contributed by atoms with Gasteiger partial charge in [-0.05, 0) is 26.7 Å². The summed E-state index contributed by atoms with van der Waals surface area (Å²) in [6, 6.07) is 0.926. The summed E-state index contributed by atoms with van der Waals surface area (Å²) in [5.41, 5.74) is 0. The number of hydrogen-bond donors (Lipinski definition) is 1. The van der Waals surface area contributed by atoms with Gasteiger partial charge >= 0.3 is 0 Å². The lowest BCUT2D eigenvalue weighted by atomic mass is 10.1. The predicted molar refractivity (Wildman–Crippen MR) is 55.6 cm³/mol. The lowest BCUT2D eigenvalue weighted by molar-refractivity contribution is -0.922. The Hall–Kier alpha value is 0.250. The zero-order valence-corrected chi connectivity index (χ0v) is 10.5. The average molecular weight is 208 g/mol. The van der Waals surface area contributed by atoms with E-state index in [1.807, 2.05) is 0 Å². The third-order valence-corrected chi connectivity index (χ3v) is 2.76. The molecule has 0 aromatic carbocycles. The van der Waals surface area contributed by atoms with Gasteiger partial charge in [0.2, 0.25) is 0 Å². The van der Waals surface area contributed by atoms with Crippen LogP contribution in [0.15, 0.2) is 0 Å². The zero-order chi connectivity index (χ0) is 9.40. The Morgan fingerprint density at radius 1 is 0.846 bits per heavy atom. The van der Waals surface area contributed by atoms with Crippen LogP contribution < -0.4 is 17.3 Å². The molecule has 0 aromatic rings. The summed E-state index contributed by atoms with van der Waals surface area (Å²) in [5, 5.41) is 0. The van der Waals surface area contributed by atoms with E-state index in [0.717, 1.165) is 6.04 Å². The molecule has 0 heterocycles. The molecule has 82 valence electrons. The largest absolute Gasteiger partial charge is 1.00 e. The maximum atomic E-state index is 2.30. The summed E-state index contributed by atoms with van der Waals surface area (Å²) < 4.78 is 0. The van der Waals surface area contributed by atoms with Gasteiger partial charge in [0, 0.05) is 0 Å². The Bertz CT molecular complexity index is 86.1. The number of halogens is 1. The summed E-state index contributed by atoms with van der Waals surface area (Å²) >= 11 is 0. The monoisotopic (exact) mass is 207 g/mol. The van der Waals surface area contributed by atoms with E-state index in [9.17, 15) is 0 Å². The van der Waals surface area contributed by atoms with E-state index < -0.39 is 0 Å². The molecule has 0 aliphatic carbocycles. The van der Waals surface area contributed by atoms with E-state index in [-0.39, 0.29) is 12.4 Å². The number of quaternary nitrogens is 1. The second-order valence-electron chi connectivity index (χ2n) is 3.64. The number of rotatable bonds is 7. The van der Waals surface area contributed by atoms with Crippen molar-refractivity contribution in [3.8, 4) is 0 Å². The molecule has 13 heavy (non-hydrogen) atoms. The minimum Gasteiger partial charge on any atom is -1.00 e. The molecule has 0 saturated carbocycles. The SMILES string of the molecule is CCCC(CCC)[NH+](CC)CC.[Cl-]. The summed E-state index contributed by atoms with van der Waals surface area (Å²) in [7, 11) is 0. The van der Waals surface area contributed by atoms with Crippen LogP contribution in [0.3, 0.4) is 0 Å². The lowest BCUT2D eigenvalue weighted by Gasteiger charge is -2.26. The van der Waals surface area contributed by atoms with Gasteiger partial charge in [0.05, 0.1) is 19.1 Å². The van der Waals surface area contributed by atoms with Crippen molar-refractivity contribution in [1.82, 2.24) is 0 Å². The second kappa shape index (κ2) is 10.3. The molecular weight excluding hydrogens is 182 g/mol. The highest BCUT2D eigenvalue weighted by atomic mass is 35.5. The standard InChI is InChI=1S/C11H25N.ClH/c1-5-9-11(10-6-2)12(7-3)8-4;/h11H,5-10H2,1-4H3;1H. The Labute approximate surface area is 90.3 Å². The minimum atomic E-state index is 0. The van der Waals surface area contributed by atoms with E-state index in [4.69, 9.17) is 0 Å². The van der Waals surface area contributed by atoms with Gasteiger partial charge < -0.3 is 17.3 Å². The molecule has 0 spiro atoms. The van der Waals surface area contributed by atoms with Crippen molar-refractivity contribution >= 4 is 0 Å². The molecular formula is C11H26ClN. The van der Waals surface area contributed by atoms with Gasteiger partial charge in [-0.1, -0.05) is 26.7 Å². The van der Waals surface area contributed by atoms with Crippen molar-refractivity contribution in [2.24, 2.45) is 0 Å². The van der Waals surface area contributed by atoms with Gasteiger partial charge in [-0.2, -0.15) is 0 Å². The molecule has 0 rings (SSSR count). The summed E-state index contributed by atoms with van der Waals surface area (Å²) in [4.78, 5) is 1.79. The molecule has 0 saturated heterocycles. The van der Waals surface area contributed by atoms with Gasteiger partial charge in [-0.3, -0.25) is 0 Å². The highest BCUT2D eigenvalue weighted by Crippen LogP contribution is 2.00. The summed E-state index contributed by atoms with van der Waals surface area (Å²) in [6.07, 6.45) is 5.50. The van der Waals surface area contributed by atoms with Crippen molar-refractivity contribution in [1.29, 1.82) is 0 Å². The first kappa shape index (κ1) is 15.7. The highest BCUT2D eigenvalue weighted by Gasteiger charge is 2.16. The minimum absolute atomic E-state index is 0. The van der Waals surface area contributed by atoms with Crippen LogP contribution in [-0.2, 0) is 0 Å². The van der Waals surface area contributed by atoms with Crippen LogP contribution in [-0.4, -0.2) is 19.1 Å².